The van der Waals surface area contributed by atoms with Crippen molar-refractivity contribution in [2.75, 3.05) is 6.61 Å². The first kappa shape index (κ1) is 32.4. The van der Waals surface area contributed by atoms with Crippen LogP contribution in [0.4, 0.5) is 0 Å². The average molecular weight is 627 g/mol. The van der Waals surface area contributed by atoms with Crippen LogP contribution < -0.4 is 0 Å². The molecule has 6 rings (SSSR count). The van der Waals surface area contributed by atoms with E-state index in [1.807, 2.05) is 20.8 Å². The number of ketones is 1. The summed E-state index contributed by atoms with van der Waals surface area (Å²) >= 11 is 0. The number of rotatable bonds is 5. The van der Waals surface area contributed by atoms with Gasteiger partial charge >= 0.3 is 0 Å². The fraction of sp³-hybridized carbons (Fsp3) is 0.757. The van der Waals surface area contributed by atoms with Crippen LogP contribution in [0.25, 0.3) is 0 Å². The zero-order valence-corrected chi connectivity index (χ0v) is 28.9. The first-order valence-corrected chi connectivity index (χ1v) is 18.4. The van der Waals surface area contributed by atoms with Gasteiger partial charge in [-0.3, -0.25) is 8.98 Å². The molecule has 0 spiro atoms. The van der Waals surface area contributed by atoms with Crippen molar-refractivity contribution in [3.8, 4) is 0 Å². The van der Waals surface area contributed by atoms with E-state index >= 15 is 0 Å². The van der Waals surface area contributed by atoms with E-state index in [2.05, 4.69) is 34.6 Å². The predicted octanol–water partition coefficient (Wildman–Crippen LogP) is 7.01. The SMILES string of the molecule is Cc1ccc(S(=O)(=O)O[C@@H]2C(=O)C(C(C)C)=C3[C@H]4CC[C@@H]5[C@@]6(C)CC[C@H](O)C(C)(C)[C@@H]6CC[C@@]5(C)[C@]4(C)CC[C@]32CO)cc1. The molecule has 7 heteroatoms. The number of fused-ring (bicyclic) bond motifs is 7. The van der Waals surface area contributed by atoms with Gasteiger partial charge in [-0.2, -0.15) is 8.42 Å². The molecule has 0 saturated heterocycles. The quantitative estimate of drug-likeness (QED) is 0.341. The van der Waals surface area contributed by atoms with Gasteiger partial charge in [-0.25, -0.2) is 0 Å². The minimum atomic E-state index is -4.23. The number of aliphatic hydroxyl groups is 2. The first-order valence-electron chi connectivity index (χ1n) is 17.0. The van der Waals surface area contributed by atoms with Gasteiger partial charge in [0.25, 0.3) is 10.1 Å². The van der Waals surface area contributed by atoms with E-state index in [1.165, 1.54) is 12.1 Å². The molecule has 0 aliphatic heterocycles. The zero-order valence-electron chi connectivity index (χ0n) is 28.1. The lowest BCUT2D eigenvalue weighted by Crippen LogP contribution is -2.66. The van der Waals surface area contributed by atoms with E-state index in [0.717, 1.165) is 56.1 Å². The molecular formula is C37H54O6S. The Morgan fingerprint density at radius 2 is 1.55 bits per heavy atom. The molecule has 5 aliphatic rings. The number of hydrogen-bond acceptors (Lipinski definition) is 6. The lowest BCUT2D eigenvalue weighted by atomic mass is 9.33. The Morgan fingerprint density at radius 3 is 2.16 bits per heavy atom. The molecule has 4 fully saturated rings. The minimum Gasteiger partial charge on any atom is -0.395 e. The van der Waals surface area contributed by atoms with Crippen LogP contribution in [0.2, 0.25) is 0 Å². The summed E-state index contributed by atoms with van der Waals surface area (Å²) in [6, 6.07) is 6.50. The van der Waals surface area contributed by atoms with Crippen LogP contribution >= 0.6 is 0 Å². The summed E-state index contributed by atoms with van der Waals surface area (Å²) in [5.41, 5.74) is 1.49. The molecule has 0 radical (unpaired) electrons. The maximum absolute atomic E-state index is 14.3. The van der Waals surface area contributed by atoms with E-state index in [-0.39, 0.29) is 56.9 Å². The van der Waals surface area contributed by atoms with Crippen molar-refractivity contribution in [3.05, 3.63) is 41.0 Å². The van der Waals surface area contributed by atoms with Crippen LogP contribution in [0, 0.1) is 57.7 Å². The second kappa shape index (κ2) is 10.2. The van der Waals surface area contributed by atoms with E-state index in [4.69, 9.17) is 4.18 Å². The lowest BCUT2D eigenvalue weighted by molar-refractivity contribution is -0.230. The first-order chi connectivity index (χ1) is 20.4. The lowest BCUT2D eigenvalue weighted by Gasteiger charge is -2.72. The van der Waals surface area contributed by atoms with Crippen LogP contribution in [-0.4, -0.2) is 43.2 Å². The summed E-state index contributed by atoms with van der Waals surface area (Å²) < 4.78 is 33.1. The van der Waals surface area contributed by atoms with E-state index in [1.54, 1.807) is 12.1 Å². The van der Waals surface area contributed by atoms with Crippen molar-refractivity contribution in [2.24, 2.45) is 50.7 Å². The third-order valence-corrected chi connectivity index (χ3v) is 15.8. The second-order valence-electron chi connectivity index (χ2n) is 16.9. The normalized spacial score (nSPS) is 43.3. The zero-order chi connectivity index (χ0) is 32.3. The van der Waals surface area contributed by atoms with Crippen LogP contribution in [0.5, 0.6) is 0 Å². The Labute approximate surface area is 265 Å². The third-order valence-electron chi connectivity index (χ3n) is 14.5. The molecule has 44 heavy (non-hydrogen) atoms. The van der Waals surface area contributed by atoms with Crippen LogP contribution in [0.15, 0.2) is 40.3 Å². The number of carbonyl (C=O) groups excluding carboxylic acids is 1. The number of Topliss-reactive ketones (excluding diaryl/α,β-unsaturated/α-hetero) is 1. The molecule has 5 aliphatic carbocycles. The molecule has 244 valence electrons. The third kappa shape index (κ3) is 4.13. The highest BCUT2D eigenvalue weighted by Crippen LogP contribution is 2.76. The molecule has 0 unspecified atom stereocenters. The molecule has 4 saturated carbocycles. The van der Waals surface area contributed by atoms with Crippen molar-refractivity contribution < 1.29 is 27.6 Å². The van der Waals surface area contributed by atoms with E-state index in [9.17, 15) is 23.4 Å². The molecular weight excluding hydrogens is 572 g/mol. The van der Waals surface area contributed by atoms with Crippen LogP contribution in [0.1, 0.15) is 105 Å². The molecule has 1 aromatic carbocycles. The Balaban J connectivity index is 1.41. The maximum Gasteiger partial charge on any atom is 0.297 e. The molecule has 6 nitrogen and oxygen atoms in total. The van der Waals surface area contributed by atoms with Crippen LogP contribution in [0.3, 0.4) is 0 Å². The largest absolute Gasteiger partial charge is 0.395 e. The Hall–Kier alpha value is -1.54. The maximum atomic E-state index is 14.3. The summed E-state index contributed by atoms with van der Waals surface area (Å²) in [6.45, 7) is 17.6. The molecule has 2 N–H and O–H groups in total. The number of aryl methyl sites for hydroxylation is 1. The number of carbonyl (C=O) groups is 1. The summed E-state index contributed by atoms with van der Waals surface area (Å²) in [6.07, 6.45) is 5.79. The fourth-order valence-electron chi connectivity index (χ4n) is 11.9. The molecule has 0 amide bonds. The van der Waals surface area contributed by atoms with Gasteiger partial charge in [-0.05, 0) is 121 Å². The van der Waals surface area contributed by atoms with Gasteiger partial charge in [0.2, 0.25) is 0 Å². The number of hydrogen-bond donors (Lipinski definition) is 2. The van der Waals surface area contributed by atoms with Gasteiger partial charge in [0.15, 0.2) is 11.9 Å². The topological polar surface area (TPSA) is 101 Å². The summed E-state index contributed by atoms with van der Waals surface area (Å²) in [4.78, 5) is 14.4. The summed E-state index contributed by atoms with van der Waals surface area (Å²) in [5, 5.41) is 22.2. The molecule has 0 bridgehead atoms. The van der Waals surface area contributed by atoms with Gasteiger partial charge in [0.05, 0.1) is 23.0 Å². The minimum absolute atomic E-state index is 0.0201. The Bertz CT molecular complexity index is 1480. The molecule has 0 heterocycles. The van der Waals surface area contributed by atoms with E-state index in [0.29, 0.717) is 23.8 Å². The van der Waals surface area contributed by atoms with Gasteiger partial charge in [0.1, 0.15) is 0 Å². The highest BCUT2D eigenvalue weighted by molar-refractivity contribution is 7.86. The van der Waals surface area contributed by atoms with Gasteiger partial charge in [-0.1, -0.05) is 66.2 Å². The number of aliphatic hydroxyl groups excluding tert-OH is 2. The summed E-state index contributed by atoms with van der Waals surface area (Å²) in [5.74, 6) is 0.651. The second-order valence-corrected chi connectivity index (χ2v) is 18.5. The molecule has 1 aromatic rings. The highest BCUT2D eigenvalue weighted by atomic mass is 32.2. The average Bonchev–Trinajstić information content (AvgIpc) is 3.19. The van der Waals surface area contributed by atoms with Gasteiger partial charge in [0, 0.05) is 5.57 Å². The monoisotopic (exact) mass is 626 g/mol. The Morgan fingerprint density at radius 1 is 0.886 bits per heavy atom. The van der Waals surface area contributed by atoms with Crippen molar-refractivity contribution in [1.82, 2.24) is 0 Å². The van der Waals surface area contributed by atoms with Crippen molar-refractivity contribution >= 4 is 15.9 Å². The standard InChI is InChI=1S/C37H54O6S/c1-22(2)29-30-25-13-14-27-34(6)17-16-28(39)33(4,5)26(34)15-18-36(27,8)35(25,7)19-20-37(30,21-38)32(31(29)40)43-44(41,42)24-11-9-23(3)10-12-24/h9-12,22,25-28,32,38-39H,13-21H2,1-8H3/t25-,26+,27-,28+,32-,34+,35-,36-,37+/m1/s1. The number of benzene rings is 1. The van der Waals surface area contributed by atoms with Crippen molar-refractivity contribution in [2.45, 2.75) is 124 Å². The van der Waals surface area contributed by atoms with Gasteiger partial charge < -0.3 is 10.2 Å². The van der Waals surface area contributed by atoms with Crippen LogP contribution in [-0.2, 0) is 19.1 Å². The van der Waals surface area contributed by atoms with E-state index < -0.39 is 21.6 Å². The fourth-order valence-corrected chi connectivity index (χ4v) is 13.0. The predicted molar refractivity (Wildman–Crippen MR) is 171 cm³/mol. The molecule has 9 atom stereocenters. The van der Waals surface area contributed by atoms with Crippen molar-refractivity contribution in [1.29, 1.82) is 0 Å². The summed E-state index contributed by atoms with van der Waals surface area (Å²) in [7, 11) is -4.23. The van der Waals surface area contributed by atoms with Crippen molar-refractivity contribution in [3.63, 3.8) is 0 Å². The Kier molecular flexibility index (Phi) is 7.53. The molecule has 0 aromatic heterocycles. The highest BCUT2D eigenvalue weighted by Gasteiger charge is 2.71. The smallest absolute Gasteiger partial charge is 0.297 e. The van der Waals surface area contributed by atoms with Gasteiger partial charge in [-0.15, -0.1) is 0 Å².